The SMILES string of the molecule is NC1(N)COC(=O)O1. The van der Waals surface area contributed by atoms with Gasteiger partial charge in [-0.3, -0.25) is 11.5 Å². The molecule has 1 rings (SSSR count). The minimum Gasteiger partial charge on any atom is -0.427 e. The Balaban J connectivity index is 2.56. The Hall–Kier alpha value is -0.810. The topological polar surface area (TPSA) is 87.6 Å². The van der Waals surface area contributed by atoms with E-state index < -0.39 is 12.0 Å². The lowest BCUT2D eigenvalue weighted by Crippen LogP contribution is -2.51. The van der Waals surface area contributed by atoms with Gasteiger partial charge in [0.1, 0.15) is 0 Å². The largest absolute Gasteiger partial charge is 0.511 e. The highest BCUT2D eigenvalue weighted by atomic mass is 16.8. The summed E-state index contributed by atoms with van der Waals surface area (Å²) in [6, 6.07) is 0. The number of ether oxygens (including phenoxy) is 2. The monoisotopic (exact) mass is 118 g/mol. The molecule has 0 bridgehead atoms. The molecule has 0 amide bonds. The second kappa shape index (κ2) is 1.33. The summed E-state index contributed by atoms with van der Waals surface area (Å²) in [6.07, 6.45) is -0.810. The Morgan fingerprint density at radius 1 is 1.62 bits per heavy atom. The quantitative estimate of drug-likeness (QED) is 0.305. The molecule has 0 aromatic carbocycles. The average Bonchev–Trinajstić information content (AvgIpc) is 1.82. The molecule has 0 atom stereocenters. The van der Waals surface area contributed by atoms with Gasteiger partial charge in [-0.25, -0.2) is 4.79 Å². The number of carbonyl (C=O) groups is 1. The van der Waals surface area contributed by atoms with Crippen LogP contribution in [-0.4, -0.2) is 18.6 Å². The number of hydrogen-bond donors (Lipinski definition) is 2. The summed E-state index contributed by atoms with van der Waals surface area (Å²) in [5, 5.41) is 0. The van der Waals surface area contributed by atoms with Gasteiger partial charge in [-0.05, 0) is 0 Å². The van der Waals surface area contributed by atoms with Gasteiger partial charge in [0.25, 0.3) is 5.85 Å². The summed E-state index contributed by atoms with van der Waals surface area (Å²) < 4.78 is 8.50. The van der Waals surface area contributed by atoms with Crippen LogP contribution in [0.3, 0.4) is 0 Å². The molecule has 0 spiro atoms. The van der Waals surface area contributed by atoms with E-state index in [-0.39, 0.29) is 6.61 Å². The van der Waals surface area contributed by atoms with E-state index in [0.717, 1.165) is 0 Å². The molecule has 1 aliphatic heterocycles. The van der Waals surface area contributed by atoms with Crippen LogP contribution in [0, 0.1) is 0 Å². The molecule has 1 fully saturated rings. The van der Waals surface area contributed by atoms with Crippen LogP contribution in [0.5, 0.6) is 0 Å². The van der Waals surface area contributed by atoms with Crippen LogP contribution in [-0.2, 0) is 9.47 Å². The summed E-state index contributed by atoms with van der Waals surface area (Å²) in [5.74, 6) is -1.41. The Labute approximate surface area is 45.5 Å². The zero-order valence-corrected chi connectivity index (χ0v) is 4.09. The minimum absolute atomic E-state index is 0.0775. The predicted octanol–water partition coefficient (Wildman–Crippen LogP) is -1.28. The molecular formula is C3H6N2O3. The fourth-order valence-electron chi connectivity index (χ4n) is 0.386. The number of nitrogens with two attached hydrogens (primary N) is 2. The van der Waals surface area contributed by atoms with E-state index in [9.17, 15) is 4.79 Å². The van der Waals surface area contributed by atoms with Crippen molar-refractivity contribution in [2.24, 2.45) is 11.5 Å². The van der Waals surface area contributed by atoms with E-state index >= 15 is 0 Å². The zero-order chi connectivity index (χ0) is 6.20. The standard InChI is InChI=1S/C3H6N2O3/c4-3(5)1-7-2(6)8-3/h1,4-5H2. The average molecular weight is 118 g/mol. The van der Waals surface area contributed by atoms with Crippen molar-refractivity contribution in [3.8, 4) is 0 Å². The molecule has 1 aliphatic rings. The van der Waals surface area contributed by atoms with Gasteiger partial charge in [-0.2, -0.15) is 0 Å². The number of cyclic esters (lactones) is 2. The van der Waals surface area contributed by atoms with Crippen LogP contribution < -0.4 is 11.5 Å². The number of rotatable bonds is 0. The third-order valence-corrected chi connectivity index (χ3v) is 0.689. The van der Waals surface area contributed by atoms with E-state index in [1.165, 1.54) is 0 Å². The molecule has 5 heteroatoms. The summed E-state index contributed by atoms with van der Waals surface area (Å²) in [5.41, 5.74) is 10.2. The normalized spacial score (nSPS) is 24.5. The Kier molecular flexibility index (Phi) is 0.887. The minimum atomic E-state index is -1.41. The maximum absolute atomic E-state index is 10.1. The van der Waals surface area contributed by atoms with Crippen LogP contribution >= 0.6 is 0 Å². The van der Waals surface area contributed by atoms with Crippen molar-refractivity contribution in [3.63, 3.8) is 0 Å². The van der Waals surface area contributed by atoms with Gasteiger partial charge < -0.3 is 9.47 Å². The highest BCUT2D eigenvalue weighted by Gasteiger charge is 2.34. The van der Waals surface area contributed by atoms with Crippen LogP contribution in [0.25, 0.3) is 0 Å². The third-order valence-electron chi connectivity index (χ3n) is 0.689. The van der Waals surface area contributed by atoms with Gasteiger partial charge in [0, 0.05) is 0 Å². The molecule has 0 saturated carbocycles. The molecule has 4 N–H and O–H groups in total. The Morgan fingerprint density at radius 3 is 2.38 bits per heavy atom. The van der Waals surface area contributed by atoms with E-state index in [4.69, 9.17) is 11.5 Å². The van der Waals surface area contributed by atoms with Crippen molar-refractivity contribution < 1.29 is 14.3 Å². The fourth-order valence-corrected chi connectivity index (χ4v) is 0.386. The Bertz CT molecular complexity index is 122. The van der Waals surface area contributed by atoms with Crippen molar-refractivity contribution in [3.05, 3.63) is 0 Å². The first kappa shape index (κ1) is 5.33. The van der Waals surface area contributed by atoms with Crippen molar-refractivity contribution in [1.82, 2.24) is 0 Å². The molecule has 0 aliphatic carbocycles. The highest BCUT2D eigenvalue weighted by Crippen LogP contribution is 2.06. The predicted molar refractivity (Wildman–Crippen MR) is 23.5 cm³/mol. The smallest absolute Gasteiger partial charge is 0.427 e. The van der Waals surface area contributed by atoms with Crippen molar-refractivity contribution in [2.75, 3.05) is 6.61 Å². The molecule has 0 aromatic rings. The first-order chi connectivity index (χ1) is 3.60. The molecule has 0 aromatic heterocycles. The lowest BCUT2D eigenvalue weighted by molar-refractivity contribution is 0.0669. The summed E-state index contributed by atoms with van der Waals surface area (Å²) in [7, 11) is 0. The lowest BCUT2D eigenvalue weighted by atomic mass is 10.5. The number of hydrogen-bond acceptors (Lipinski definition) is 5. The van der Waals surface area contributed by atoms with E-state index in [1.807, 2.05) is 0 Å². The zero-order valence-electron chi connectivity index (χ0n) is 4.09. The van der Waals surface area contributed by atoms with Crippen LogP contribution in [0.1, 0.15) is 0 Å². The van der Waals surface area contributed by atoms with E-state index in [2.05, 4.69) is 9.47 Å². The highest BCUT2D eigenvalue weighted by molar-refractivity contribution is 5.62. The maximum Gasteiger partial charge on any atom is 0.511 e. The first-order valence-electron chi connectivity index (χ1n) is 2.04. The molecular weight excluding hydrogens is 112 g/mol. The summed E-state index contributed by atoms with van der Waals surface area (Å²) in [4.78, 5) is 10.1. The molecule has 8 heavy (non-hydrogen) atoms. The third kappa shape index (κ3) is 0.877. The molecule has 46 valence electrons. The molecule has 1 saturated heterocycles. The fraction of sp³-hybridized carbons (Fsp3) is 0.667. The van der Waals surface area contributed by atoms with Gasteiger partial charge in [0.2, 0.25) is 0 Å². The van der Waals surface area contributed by atoms with E-state index in [1.54, 1.807) is 0 Å². The molecule has 0 radical (unpaired) electrons. The van der Waals surface area contributed by atoms with E-state index in [0.29, 0.717) is 0 Å². The number of carbonyl (C=O) groups excluding carboxylic acids is 1. The maximum atomic E-state index is 10.1. The van der Waals surface area contributed by atoms with Gasteiger partial charge >= 0.3 is 6.16 Å². The summed E-state index contributed by atoms with van der Waals surface area (Å²) >= 11 is 0. The lowest BCUT2D eigenvalue weighted by Gasteiger charge is -2.09. The van der Waals surface area contributed by atoms with Gasteiger partial charge in [-0.15, -0.1) is 0 Å². The second-order valence-corrected chi connectivity index (χ2v) is 1.60. The van der Waals surface area contributed by atoms with Crippen LogP contribution in [0.2, 0.25) is 0 Å². The molecule has 0 unspecified atom stereocenters. The van der Waals surface area contributed by atoms with Crippen LogP contribution in [0.4, 0.5) is 4.79 Å². The Morgan fingerprint density at radius 2 is 2.25 bits per heavy atom. The van der Waals surface area contributed by atoms with Gasteiger partial charge in [0.05, 0.1) is 0 Å². The van der Waals surface area contributed by atoms with Crippen molar-refractivity contribution >= 4 is 6.16 Å². The molecule has 5 nitrogen and oxygen atoms in total. The summed E-state index contributed by atoms with van der Waals surface area (Å²) in [6.45, 7) is -0.0775. The van der Waals surface area contributed by atoms with Crippen LogP contribution in [0.15, 0.2) is 0 Å². The van der Waals surface area contributed by atoms with Crippen molar-refractivity contribution in [1.29, 1.82) is 0 Å². The first-order valence-corrected chi connectivity index (χ1v) is 2.04. The second-order valence-electron chi connectivity index (χ2n) is 1.60. The molecule has 1 heterocycles. The van der Waals surface area contributed by atoms with Crippen molar-refractivity contribution in [2.45, 2.75) is 5.85 Å². The van der Waals surface area contributed by atoms with Gasteiger partial charge in [0.15, 0.2) is 6.61 Å². The van der Waals surface area contributed by atoms with Gasteiger partial charge in [-0.1, -0.05) is 0 Å².